The van der Waals surface area contributed by atoms with Crippen molar-refractivity contribution in [2.45, 2.75) is 27.4 Å². The van der Waals surface area contributed by atoms with Gasteiger partial charge < -0.3 is 14.2 Å². The summed E-state index contributed by atoms with van der Waals surface area (Å²) in [5, 5.41) is 10.9. The summed E-state index contributed by atoms with van der Waals surface area (Å²) in [5.74, 6) is 0.610. The second-order valence-corrected chi connectivity index (χ2v) is 6.45. The fraction of sp³-hybridized carbons (Fsp3) is 0.316. The largest absolute Gasteiger partial charge is 0.490 e. The van der Waals surface area contributed by atoms with E-state index in [0.29, 0.717) is 35.8 Å². The third-order valence-corrected chi connectivity index (χ3v) is 4.44. The number of hydrogen-bond donors (Lipinski definition) is 0. The SMILES string of the molecule is CCOc1cc(Br)c(COC(=O)c2ccc([N+](=O)[O-])c(C)c2)cc1OCC. The van der Waals surface area contributed by atoms with Crippen LogP contribution in [0.4, 0.5) is 5.69 Å². The highest BCUT2D eigenvalue weighted by molar-refractivity contribution is 9.10. The lowest BCUT2D eigenvalue weighted by Gasteiger charge is -2.14. The van der Waals surface area contributed by atoms with Crippen LogP contribution in [-0.4, -0.2) is 24.1 Å². The number of nitro groups is 1. The molecule has 2 aromatic carbocycles. The van der Waals surface area contributed by atoms with Crippen LogP contribution in [0.25, 0.3) is 0 Å². The fourth-order valence-electron chi connectivity index (χ4n) is 2.44. The number of nitrogens with zero attached hydrogens (tertiary/aromatic N) is 1. The van der Waals surface area contributed by atoms with E-state index in [2.05, 4.69) is 15.9 Å². The monoisotopic (exact) mass is 437 g/mol. The number of carbonyl (C=O) groups excluding carboxylic acids is 1. The molecule has 144 valence electrons. The molecule has 0 bridgehead atoms. The quantitative estimate of drug-likeness (QED) is 0.334. The first-order chi connectivity index (χ1) is 12.9. The van der Waals surface area contributed by atoms with E-state index in [-0.39, 0.29) is 17.9 Å². The number of ether oxygens (including phenoxy) is 3. The van der Waals surface area contributed by atoms with Crippen molar-refractivity contribution in [2.75, 3.05) is 13.2 Å². The normalized spacial score (nSPS) is 10.4. The van der Waals surface area contributed by atoms with Crippen LogP contribution in [0.15, 0.2) is 34.8 Å². The Labute approximate surface area is 165 Å². The van der Waals surface area contributed by atoms with E-state index >= 15 is 0 Å². The van der Waals surface area contributed by atoms with E-state index < -0.39 is 10.9 Å². The number of nitro benzene ring substituents is 1. The van der Waals surface area contributed by atoms with E-state index in [1.54, 1.807) is 19.1 Å². The van der Waals surface area contributed by atoms with Gasteiger partial charge in [-0.15, -0.1) is 0 Å². The number of aryl methyl sites for hydroxylation is 1. The summed E-state index contributed by atoms with van der Waals surface area (Å²) in [7, 11) is 0. The van der Waals surface area contributed by atoms with Crippen LogP contribution in [0.1, 0.15) is 35.3 Å². The molecule has 0 aliphatic carbocycles. The molecule has 0 aliphatic rings. The van der Waals surface area contributed by atoms with Crippen molar-refractivity contribution in [1.82, 2.24) is 0 Å². The zero-order valence-corrected chi connectivity index (χ0v) is 16.9. The first-order valence-corrected chi connectivity index (χ1v) is 9.16. The Morgan fingerprint density at radius 2 is 1.74 bits per heavy atom. The number of hydrogen-bond acceptors (Lipinski definition) is 6. The minimum atomic E-state index is -0.563. The maximum atomic E-state index is 12.3. The Hall–Kier alpha value is -2.61. The van der Waals surface area contributed by atoms with Crippen molar-refractivity contribution >= 4 is 27.6 Å². The molecule has 0 radical (unpaired) electrons. The maximum Gasteiger partial charge on any atom is 0.338 e. The van der Waals surface area contributed by atoms with Crippen molar-refractivity contribution in [3.8, 4) is 11.5 Å². The zero-order valence-electron chi connectivity index (χ0n) is 15.3. The van der Waals surface area contributed by atoms with Gasteiger partial charge in [-0.2, -0.15) is 0 Å². The Morgan fingerprint density at radius 3 is 2.30 bits per heavy atom. The highest BCUT2D eigenvalue weighted by atomic mass is 79.9. The molecule has 0 aromatic heterocycles. The number of rotatable bonds is 8. The van der Waals surface area contributed by atoms with Gasteiger partial charge in [-0.05, 0) is 45.0 Å². The van der Waals surface area contributed by atoms with Crippen LogP contribution < -0.4 is 9.47 Å². The van der Waals surface area contributed by atoms with Crippen molar-refractivity contribution < 1.29 is 23.9 Å². The van der Waals surface area contributed by atoms with E-state index in [1.807, 2.05) is 13.8 Å². The molecule has 7 nitrogen and oxygen atoms in total. The molecule has 0 heterocycles. The summed E-state index contributed by atoms with van der Waals surface area (Å²) in [6.45, 7) is 6.32. The molecule has 8 heteroatoms. The number of esters is 1. The lowest BCUT2D eigenvalue weighted by atomic mass is 10.1. The highest BCUT2D eigenvalue weighted by Gasteiger charge is 2.16. The first kappa shape index (κ1) is 20.7. The summed E-state index contributed by atoms with van der Waals surface area (Å²) >= 11 is 3.44. The zero-order chi connectivity index (χ0) is 20.0. The van der Waals surface area contributed by atoms with Crippen molar-refractivity contribution in [1.29, 1.82) is 0 Å². The second kappa shape index (κ2) is 9.36. The first-order valence-electron chi connectivity index (χ1n) is 8.37. The van der Waals surface area contributed by atoms with Gasteiger partial charge in [0.15, 0.2) is 11.5 Å². The molecule has 2 aromatic rings. The standard InChI is InChI=1S/C19H20BrNO6/c1-4-25-17-9-14(15(20)10-18(17)26-5-2)11-27-19(22)13-6-7-16(21(23)24)12(3)8-13/h6-10H,4-5,11H2,1-3H3. The molecule has 0 amide bonds. The molecule has 0 saturated heterocycles. The van der Waals surface area contributed by atoms with Gasteiger partial charge in [0.1, 0.15) is 6.61 Å². The van der Waals surface area contributed by atoms with Crippen LogP contribution >= 0.6 is 15.9 Å². The Morgan fingerprint density at radius 1 is 1.11 bits per heavy atom. The van der Waals surface area contributed by atoms with Gasteiger partial charge in [-0.3, -0.25) is 10.1 Å². The van der Waals surface area contributed by atoms with Crippen LogP contribution in [0.2, 0.25) is 0 Å². The minimum absolute atomic E-state index is 0.0158. The number of benzene rings is 2. The third-order valence-electron chi connectivity index (χ3n) is 3.70. The molecule has 0 saturated carbocycles. The van der Waals surface area contributed by atoms with Crippen molar-refractivity contribution in [3.05, 3.63) is 61.6 Å². The summed E-state index contributed by atoms with van der Waals surface area (Å²) in [5.41, 5.74) is 1.33. The summed E-state index contributed by atoms with van der Waals surface area (Å²) in [6.07, 6.45) is 0. The molecule has 0 N–H and O–H groups in total. The number of carbonyl (C=O) groups is 1. The van der Waals surface area contributed by atoms with Crippen LogP contribution in [0.5, 0.6) is 11.5 Å². The Bertz CT molecular complexity index is 852. The van der Waals surface area contributed by atoms with Gasteiger partial charge in [-0.25, -0.2) is 4.79 Å². The third kappa shape index (κ3) is 5.19. The van der Waals surface area contributed by atoms with Crippen LogP contribution in [0.3, 0.4) is 0 Å². The summed E-state index contributed by atoms with van der Waals surface area (Å²) in [6, 6.07) is 7.65. The summed E-state index contributed by atoms with van der Waals surface area (Å²) in [4.78, 5) is 22.7. The smallest absolute Gasteiger partial charge is 0.338 e. The molecular weight excluding hydrogens is 418 g/mol. The minimum Gasteiger partial charge on any atom is -0.490 e. The average Bonchev–Trinajstić information content (AvgIpc) is 2.62. The molecule has 0 aliphatic heterocycles. The predicted molar refractivity (Wildman–Crippen MR) is 103 cm³/mol. The molecule has 2 rings (SSSR count). The van der Waals surface area contributed by atoms with Gasteiger partial charge in [0.05, 0.1) is 23.7 Å². The second-order valence-electron chi connectivity index (χ2n) is 5.59. The van der Waals surface area contributed by atoms with Gasteiger partial charge in [0.2, 0.25) is 0 Å². The van der Waals surface area contributed by atoms with E-state index in [4.69, 9.17) is 14.2 Å². The molecule has 27 heavy (non-hydrogen) atoms. The molecule has 0 spiro atoms. The maximum absolute atomic E-state index is 12.3. The fourth-order valence-corrected chi connectivity index (χ4v) is 2.88. The lowest BCUT2D eigenvalue weighted by molar-refractivity contribution is -0.385. The lowest BCUT2D eigenvalue weighted by Crippen LogP contribution is -2.07. The number of halogens is 1. The molecular formula is C19H20BrNO6. The van der Waals surface area contributed by atoms with Gasteiger partial charge in [0.25, 0.3) is 5.69 Å². The van der Waals surface area contributed by atoms with Crippen LogP contribution in [-0.2, 0) is 11.3 Å². The highest BCUT2D eigenvalue weighted by Crippen LogP contribution is 2.34. The Kier molecular flexibility index (Phi) is 7.18. The predicted octanol–water partition coefficient (Wildman–Crippen LogP) is 4.82. The molecule has 0 unspecified atom stereocenters. The van der Waals surface area contributed by atoms with E-state index in [1.165, 1.54) is 18.2 Å². The van der Waals surface area contributed by atoms with E-state index in [9.17, 15) is 14.9 Å². The van der Waals surface area contributed by atoms with E-state index in [0.717, 1.165) is 4.47 Å². The Balaban J connectivity index is 2.15. The van der Waals surface area contributed by atoms with Crippen molar-refractivity contribution in [2.24, 2.45) is 0 Å². The van der Waals surface area contributed by atoms with Crippen molar-refractivity contribution in [3.63, 3.8) is 0 Å². The summed E-state index contributed by atoms with van der Waals surface area (Å²) < 4.78 is 17.2. The topological polar surface area (TPSA) is 87.9 Å². The van der Waals surface area contributed by atoms with Gasteiger partial charge in [-0.1, -0.05) is 15.9 Å². The van der Waals surface area contributed by atoms with Crippen LogP contribution in [0, 0.1) is 17.0 Å². The average molecular weight is 438 g/mol. The van der Waals surface area contributed by atoms with Gasteiger partial charge in [0, 0.05) is 21.7 Å². The molecule has 0 fully saturated rings. The molecule has 0 atom stereocenters. The van der Waals surface area contributed by atoms with Gasteiger partial charge >= 0.3 is 5.97 Å².